The first-order chi connectivity index (χ1) is 19.2. The first-order valence-corrected chi connectivity index (χ1v) is 16.0. The molecule has 0 N–H and O–H groups in total. The van der Waals surface area contributed by atoms with E-state index in [1.54, 1.807) is 0 Å². The van der Waals surface area contributed by atoms with E-state index in [4.69, 9.17) is 0 Å². The smallest absolute Gasteiger partial charge is 0.146 e. The zero-order valence-electron chi connectivity index (χ0n) is 24.5. The van der Waals surface area contributed by atoms with Gasteiger partial charge in [-0.15, -0.1) is 0 Å². The Morgan fingerprint density at radius 2 is 1.31 bits per heavy atom. The first-order valence-electron chi connectivity index (χ1n) is 16.0. The molecule has 208 valence electrons. The van der Waals surface area contributed by atoms with Crippen LogP contribution in [-0.2, 0) is 12.8 Å². The van der Waals surface area contributed by atoms with Crippen LogP contribution >= 0.6 is 0 Å². The van der Waals surface area contributed by atoms with Gasteiger partial charge in [0.1, 0.15) is 5.82 Å². The summed E-state index contributed by atoms with van der Waals surface area (Å²) >= 11 is 0. The first kappa shape index (κ1) is 29.4. The Balaban J connectivity index is 1.26. The van der Waals surface area contributed by atoms with Crippen molar-refractivity contribution < 1.29 is 4.39 Å². The SMILES string of the molecule is CCCCCCc1ccc2c(F)c(C#Cc3ccc(CCC4CCC(CCCCCC)CC4)cc3)ccc2c1. The van der Waals surface area contributed by atoms with E-state index < -0.39 is 0 Å². The molecule has 0 radical (unpaired) electrons. The van der Waals surface area contributed by atoms with Crippen LogP contribution in [0, 0.1) is 29.5 Å². The summed E-state index contributed by atoms with van der Waals surface area (Å²) in [5, 5.41) is 1.64. The van der Waals surface area contributed by atoms with Crippen molar-refractivity contribution >= 4 is 10.8 Å². The molecule has 0 amide bonds. The number of rotatable bonds is 13. The summed E-state index contributed by atoms with van der Waals surface area (Å²) in [6.45, 7) is 4.53. The van der Waals surface area contributed by atoms with Gasteiger partial charge in [-0.1, -0.05) is 139 Å². The number of hydrogen-bond donors (Lipinski definition) is 0. The summed E-state index contributed by atoms with van der Waals surface area (Å²) in [5.74, 6) is 7.95. The summed E-state index contributed by atoms with van der Waals surface area (Å²) < 4.78 is 15.2. The van der Waals surface area contributed by atoms with Gasteiger partial charge in [-0.3, -0.25) is 0 Å². The molecule has 1 aliphatic rings. The lowest BCUT2D eigenvalue weighted by atomic mass is 9.77. The Hall–Kier alpha value is -2.59. The topological polar surface area (TPSA) is 0 Å². The second kappa shape index (κ2) is 15.9. The average molecular weight is 525 g/mol. The fourth-order valence-electron chi connectivity index (χ4n) is 6.28. The summed E-state index contributed by atoms with van der Waals surface area (Å²) in [4.78, 5) is 0. The molecule has 3 aromatic rings. The molecule has 0 unspecified atom stereocenters. The predicted octanol–water partition coefficient (Wildman–Crippen LogP) is 11.2. The van der Waals surface area contributed by atoms with E-state index in [0.717, 1.165) is 35.6 Å². The minimum Gasteiger partial charge on any atom is -0.205 e. The molecule has 0 aromatic heterocycles. The van der Waals surface area contributed by atoms with Crippen LogP contribution in [0.15, 0.2) is 54.6 Å². The third kappa shape index (κ3) is 9.24. The molecule has 3 aromatic carbocycles. The molecule has 1 aliphatic carbocycles. The van der Waals surface area contributed by atoms with Gasteiger partial charge in [-0.2, -0.15) is 0 Å². The molecular formula is C38H49F. The van der Waals surface area contributed by atoms with E-state index in [9.17, 15) is 0 Å². The van der Waals surface area contributed by atoms with Crippen LogP contribution < -0.4 is 0 Å². The summed E-state index contributed by atoms with van der Waals surface area (Å²) in [6.07, 6.45) is 21.3. The van der Waals surface area contributed by atoms with Crippen molar-refractivity contribution in [1.82, 2.24) is 0 Å². The Bertz CT molecular complexity index is 1200. The minimum atomic E-state index is -0.204. The monoisotopic (exact) mass is 524 g/mol. The Morgan fingerprint density at radius 1 is 0.641 bits per heavy atom. The van der Waals surface area contributed by atoms with Crippen LogP contribution in [0.2, 0.25) is 0 Å². The highest BCUT2D eigenvalue weighted by Crippen LogP contribution is 2.34. The van der Waals surface area contributed by atoms with Crippen LogP contribution in [0.5, 0.6) is 0 Å². The van der Waals surface area contributed by atoms with Crippen molar-refractivity contribution in [3.05, 3.63) is 82.7 Å². The van der Waals surface area contributed by atoms with Crippen molar-refractivity contribution in [2.75, 3.05) is 0 Å². The predicted molar refractivity (Wildman–Crippen MR) is 167 cm³/mol. The summed E-state index contributed by atoms with van der Waals surface area (Å²) in [7, 11) is 0. The van der Waals surface area contributed by atoms with Gasteiger partial charge in [0.25, 0.3) is 0 Å². The maximum absolute atomic E-state index is 15.2. The lowest BCUT2D eigenvalue weighted by Gasteiger charge is -2.28. The zero-order chi connectivity index (χ0) is 27.3. The molecule has 1 fully saturated rings. The normalized spacial score (nSPS) is 17.2. The maximum atomic E-state index is 15.2. The van der Waals surface area contributed by atoms with Gasteiger partial charge in [0.05, 0.1) is 5.56 Å². The van der Waals surface area contributed by atoms with E-state index in [1.165, 1.54) is 101 Å². The zero-order valence-corrected chi connectivity index (χ0v) is 24.5. The molecule has 0 spiro atoms. The molecule has 1 heteroatoms. The lowest BCUT2D eigenvalue weighted by molar-refractivity contribution is 0.249. The Labute approximate surface area is 237 Å². The van der Waals surface area contributed by atoms with E-state index in [-0.39, 0.29) is 5.82 Å². The Morgan fingerprint density at radius 3 is 2.03 bits per heavy atom. The van der Waals surface area contributed by atoms with Crippen LogP contribution in [0.1, 0.15) is 126 Å². The van der Waals surface area contributed by atoms with Crippen molar-refractivity contribution in [2.24, 2.45) is 11.8 Å². The molecule has 0 heterocycles. The molecular weight excluding hydrogens is 475 g/mol. The molecule has 0 saturated heterocycles. The van der Waals surface area contributed by atoms with Gasteiger partial charge in [-0.05, 0) is 72.2 Å². The highest BCUT2D eigenvalue weighted by Gasteiger charge is 2.20. The van der Waals surface area contributed by atoms with Crippen LogP contribution in [-0.4, -0.2) is 0 Å². The molecule has 39 heavy (non-hydrogen) atoms. The molecule has 0 nitrogen and oxygen atoms in total. The van der Waals surface area contributed by atoms with Crippen molar-refractivity contribution in [3.8, 4) is 11.8 Å². The van der Waals surface area contributed by atoms with Crippen LogP contribution in [0.25, 0.3) is 10.8 Å². The average Bonchev–Trinajstić information content (AvgIpc) is 2.97. The lowest BCUT2D eigenvalue weighted by Crippen LogP contribution is -2.15. The second-order valence-corrected chi connectivity index (χ2v) is 12.0. The molecule has 0 bridgehead atoms. The van der Waals surface area contributed by atoms with Crippen molar-refractivity contribution in [1.29, 1.82) is 0 Å². The minimum absolute atomic E-state index is 0.204. The fraction of sp³-hybridized carbons (Fsp3) is 0.526. The number of hydrogen-bond acceptors (Lipinski definition) is 0. The van der Waals surface area contributed by atoms with E-state index >= 15 is 4.39 Å². The number of aryl methyl sites for hydroxylation is 2. The Kier molecular flexibility index (Phi) is 12.0. The summed E-state index contributed by atoms with van der Waals surface area (Å²) in [5.41, 5.74) is 4.11. The standard InChI is InChI=1S/C38H49F/c1-3-5-7-9-11-30-13-15-31(16-14-30)17-18-32-19-21-33(22-20-32)23-25-35-26-27-36-29-34(12-10-8-6-4-2)24-28-37(36)38(35)39/h19-22,24,26-31H,3-18H2,1-2H3. The highest BCUT2D eigenvalue weighted by atomic mass is 19.1. The van der Waals surface area contributed by atoms with Gasteiger partial charge in [-0.25, -0.2) is 4.39 Å². The quantitative estimate of drug-likeness (QED) is 0.154. The van der Waals surface area contributed by atoms with Gasteiger partial charge in [0.15, 0.2) is 0 Å². The van der Waals surface area contributed by atoms with Crippen molar-refractivity contribution in [2.45, 2.75) is 117 Å². The fourth-order valence-corrected chi connectivity index (χ4v) is 6.28. The third-order valence-electron chi connectivity index (χ3n) is 8.91. The van der Waals surface area contributed by atoms with Gasteiger partial charge >= 0.3 is 0 Å². The highest BCUT2D eigenvalue weighted by molar-refractivity contribution is 5.85. The number of halogens is 1. The van der Waals surface area contributed by atoms with Crippen molar-refractivity contribution in [3.63, 3.8) is 0 Å². The van der Waals surface area contributed by atoms with Crippen LogP contribution in [0.4, 0.5) is 4.39 Å². The maximum Gasteiger partial charge on any atom is 0.146 e. The van der Waals surface area contributed by atoms with E-state index in [0.29, 0.717) is 10.9 Å². The number of unbranched alkanes of at least 4 members (excludes halogenated alkanes) is 6. The van der Waals surface area contributed by atoms with Gasteiger partial charge in [0, 0.05) is 10.9 Å². The second-order valence-electron chi connectivity index (χ2n) is 12.0. The van der Waals surface area contributed by atoms with Gasteiger partial charge < -0.3 is 0 Å². The number of benzene rings is 3. The molecule has 0 atom stereocenters. The van der Waals surface area contributed by atoms with E-state index in [2.05, 4.69) is 62.1 Å². The number of fused-ring (bicyclic) bond motifs is 1. The van der Waals surface area contributed by atoms with E-state index in [1.807, 2.05) is 18.2 Å². The third-order valence-corrected chi connectivity index (χ3v) is 8.91. The van der Waals surface area contributed by atoms with Gasteiger partial charge in [0.2, 0.25) is 0 Å². The molecule has 0 aliphatic heterocycles. The molecule has 1 saturated carbocycles. The molecule has 4 rings (SSSR count). The largest absolute Gasteiger partial charge is 0.205 e. The summed E-state index contributed by atoms with van der Waals surface area (Å²) in [6, 6.07) is 18.6. The van der Waals surface area contributed by atoms with Crippen LogP contribution in [0.3, 0.4) is 0 Å².